The Kier molecular flexibility index (Phi) is 8.50. The molecule has 57 heavy (non-hydrogen) atoms. The molecule has 0 spiro atoms. The number of benzene rings is 2. The van der Waals surface area contributed by atoms with Crippen LogP contribution in [0.5, 0.6) is 11.6 Å². The van der Waals surface area contributed by atoms with Crippen LogP contribution in [-0.4, -0.2) is 26.5 Å². The second kappa shape index (κ2) is 12.5. The van der Waals surface area contributed by atoms with Crippen LogP contribution < -0.4 is 9.64 Å². The molecule has 8 rings (SSSR count). The fourth-order valence-electron chi connectivity index (χ4n) is 9.30. The highest BCUT2D eigenvalue weighted by Gasteiger charge is 2.67. The number of hydrogen-bond acceptors (Lipinski definition) is 7. The lowest BCUT2D eigenvalue weighted by atomic mass is 9.66. The summed E-state index contributed by atoms with van der Waals surface area (Å²) < 4.78 is 14.0. The van der Waals surface area contributed by atoms with Crippen molar-refractivity contribution in [2.45, 2.75) is 138 Å². The van der Waals surface area contributed by atoms with E-state index >= 15 is 0 Å². The number of nitrogens with zero attached hydrogens (tertiary/aromatic N) is 5. The fourth-order valence-corrected chi connectivity index (χ4v) is 9.30. The van der Waals surface area contributed by atoms with Crippen LogP contribution in [0.3, 0.4) is 0 Å². The smallest absolute Gasteiger partial charge is 0.221 e. The molecule has 0 bridgehead atoms. The van der Waals surface area contributed by atoms with Gasteiger partial charge in [-0.2, -0.15) is 0 Å². The van der Waals surface area contributed by atoms with Gasteiger partial charge in [0.1, 0.15) is 17.1 Å². The number of rotatable bonds is 4. The first-order valence-corrected chi connectivity index (χ1v) is 20.4. The summed E-state index contributed by atoms with van der Waals surface area (Å²) in [6, 6.07) is 24.0. The van der Waals surface area contributed by atoms with Crippen LogP contribution in [0.25, 0.3) is 0 Å². The molecule has 0 N–H and O–H groups in total. The molecule has 2 atom stereocenters. The Morgan fingerprint density at radius 2 is 1.46 bits per heavy atom. The molecule has 5 heterocycles. The topological polar surface area (TPSA) is 72.7 Å². The molecule has 0 fully saturated rings. The average molecular weight is 762 g/mol. The Morgan fingerprint density at radius 1 is 0.737 bits per heavy atom. The van der Waals surface area contributed by atoms with Gasteiger partial charge in [-0.1, -0.05) is 94.4 Å². The van der Waals surface area contributed by atoms with E-state index in [4.69, 9.17) is 29.4 Å². The average Bonchev–Trinajstić information content (AvgIpc) is 3.54. The van der Waals surface area contributed by atoms with Crippen molar-refractivity contribution in [2.75, 3.05) is 4.90 Å². The molecule has 0 saturated heterocycles. The highest BCUT2D eigenvalue weighted by atomic mass is 16.5. The largest absolute Gasteiger partial charge is 0.467 e. The van der Waals surface area contributed by atoms with Crippen molar-refractivity contribution in [3.05, 3.63) is 129 Å². The van der Waals surface area contributed by atoms with Gasteiger partial charge in [0, 0.05) is 57.6 Å². The molecule has 296 valence electrons. The van der Waals surface area contributed by atoms with Gasteiger partial charge in [0.25, 0.3) is 0 Å². The summed E-state index contributed by atoms with van der Waals surface area (Å²) >= 11 is 0. The van der Waals surface area contributed by atoms with Crippen molar-refractivity contribution >= 4 is 23.1 Å². The monoisotopic (exact) mass is 761 g/mol. The fraction of sp³-hybridized carbons (Fsp3) is 0.440. The second-order valence-electron chi connectivity index (χ2n) is 20.4. The van der Waals surface area contributed by atoms with Gasteiger partial charge in [-0.05, 0) is 103 Å². The number of hydrogen-bond donors (Lipinski definition) is 0. The van der Waals surface area contributed by atoms with Crippen LogP contribution in [0, 0.1) is 26.2 Å². The molecular weight excluding hydrogens is 703 g/mol. The summed E-state index contributed by atoms with van der Waals surface area (Å²) in [7, 11) is 0. The van der Waals surface area contributed by atoms with Crippen LogP contribution in [0.15, 0.2) is 77.9 Å². The first kappa shape index (κ1) is 38.8. The SMILES string of the molecule is Cc1cc(N2c3ccc(C(C)(C)C)cc3C(C)(C)c3cccnc32)cc(Oc2cc(C3=N[C@]4(C)c5cc(C)c(C)nc5C[C@]4(C(C)(C)C)O3)cc(C(C)(C)C)c2)n1. The minimum absolute atomic E-state index is 0.0126. The van der Waals surface area contributed by atoms with Gasteiger partial charge >= 0.3 is 0 Å². The minimum Gasteiger partial charge on any atom is -0.467 e. The molecule has 2 aliphatic heterocycles. The predicted octanol–water partition coefficient (Wildman–Crippen LogP) is 12.3. The summed E-state index contributed by atoms with van der Waals surface area (Å²) in [4.78, 5) is 22.8. The third kappa shape index (κ3) is 6.06. The Morgan fingerprint density at radius 3 is 2.14 bits per heavy atom. The van der Waals surface area contributed by atoms with E-state index in [0.29, 0.717) is 23.9 Å². The van der Waals surface area contributed by atoms with E-state index < -0.39 is 11.1 Å². The van der Waals surface area contributed by atoms with Crippen molar-refractivity contribution in [3.63, 3.8) is 0 Å². The number of pyridine rings is 3. The third-order valence-corrected chi connectivity index (χ3v) is 12.9. The quantitative estimate of drug-likeness (QED) is 0.182. The van der Waals surface area contributed by atoms with E-state index in [2.05, 4.69) is 156 Å². The summed E-state index contributed by atoms with van der Waals surface area (Å²) in [6.45, 7) is 33.3. The lowest BCUT2D eigenvalue weighted by Crippen LogP contribution is -2.54. The number of anilines is 3. The van der Waals surface area contributed by atoms with Gasteiger partial charge in [0.15, 0.2) is 5.60 Å². The Balaban J connectivity index is 1.23. The van der Waals surface area contributed by atoms with Crippen LogP contribution >= 0.6 is 0 Å². The molecule has 0 saturated carbocycles. The van der Waals surface area contributed by atoms with E-state index in [0.717, 1.165) is 51.0 Å². The summed E-state index contributed by atoms with van der Waals surface area (Å²) in [6.07, 6.45) is 2.58. The predicted molar refractivity (Wildman–Crippen MR) is 232 cm³/mol. The van der Waals surface area contributed by atoms with Gasteiger partial charge in [0.05, 0.1) is 17.1 Å². The second-order valence-corrected chi connectivity index (χ2v) is 20.4. The normalized spacial score (nSPS) is 21.0. The molecule has 2 aromatic carbocycles. The van der Waals surface area contributed by atoms with Crippen molar-refractivity contribution in [1.29, 1.82) is 0 Å². The molecule has 3 aromatic heterocycles. The summed E-state index contributed by atoms with van der Waals surface area (Å²) in [5.74, 6) is 2.74. The van der Waals surface area contributed by atoms with Crippen LogP contribution in [-0.2, 0) is 32.9 Å². The van der Waals surface area contributed by atoms with Crippen molar-refractivity contribution < 1.29 is 9.47 Å². The number of aromatic nitrogens is 3. The molecular formula is C50H59N5O2. The summed E-state index contributed by atoms with van der Waals surface area (Å²) in [5, 5.41) is 0. The molecule has 5 aromatic rings. The maximum Gasteiger partial charge on any atom is 0.221 e. The van der Waals surface area contributed by atoms with Crippen molar-refractivity contribution in [3.8, 4) is 11.6 Å². The van der Waals surface area contributed by atoms with Crippen LogP contribution in [0.2, 0.25) is 0 Å². The molecule has 7 nitrogen and oxygen atoms in total. The zero-order chi connectivity index (χ0) is 41.2. The summed E-state index contributed by atoms with van der Waals surface area (Å²) in [5.41, 5.74) is 11.3. The molecule has 3 aliphatic rings. The Bertz CT molecular complexity index is 2490. The van der Waals surface area contributed by atoms with E-state index in [1.165, 1.54) is 22.3 Å². The number of aliphatic imine (C=N–C) groups is 1. The van der Waals surface area contributed by atoms with Crippen molar-refractivity contribution in [1.82, 2.24) is 15.0 Å². The number of ether oxygens (including phenoxy) is 2. The van der Waals surface area contributed by atoms with Gasteiger partial charge < -0.3 is 9.47 Å². The van der Waals surface area contributed by atoms with Crippen LogP contribution in [0.1, 0.15) is 139 Å². The van der Waals surface area contributed by atoms with Crippen molar-refractivity contribution in [2.24, 2.45) is 10.4 Å². The first-order valence-electron chi connectivity index (χ1n) is 20.4. The van der Waals surface area contributed by atoms with Gasteiger partial charge in [-0.3, -0.25) is 9.88 Å². The Labute approximate surface area is 340 Å². The molecule has 1 aliphatic carbocycles. The zero-order valence-electron chi connectivity index (χ0n) is 36.7. The van der Waals surface area contributed by atoms with E-state index in [9.17, 15) is 0 Å². The lowest BCUT2D eigenvalue weighted by Gasteiger charge is -2.45. The van der Waals surface area contributed by atoms with E-state index in [-0.39, 0.29) is 21.7 Å². The molecule has 7 heteroatoms. The number of aryl methyl sites for hydroxylation is 3. The van der Waals surface area contributed by atoms with Gasteiger partial charge in [-0.15, -0.1) is 0 Å². The third-order valence-electron chi connectivity index (χ3n) is 12.9. The minimum atomic E-state index is -0.607. The Hall–Kier alpha value is -5.04. The van der Waals surface area contributed by atoms with E-state index in [1.807, 2.05) is 25.3 Å². The molecule has 0 radical (unpaired) electrons. The highest BCUT2D eigenvalue weighted by Crippen LogP contribution is 2.60. The van der Waals surface area contributed by atoms with Crippen LogP contribution in [0.4, 0.5) is 17.2 Å². The maximum absolute atomic E-state index is 7.22. The lowest BCUT2D eigenvalue weighted by molar-refractivity contribution is -0.0675. The molecule has 0 unspecified atom stereocenters. The number of fused-ring (bicyclic) bond motifs is 5. The maximum atomic E-state index is 7.22. The van der Waals surface area contributed by atoms with Gasteiger partial charge in [0.2, 0.25) is 11.8 Å². The standard InChI is InChI=1S/C50H59N5O2/c1-29-21-38-40(53-31(29)3)28-50(47(10,11)12)49(38,15)54-44(57-50)32-23-34(46(7,8)9)25-36(24-32)56-42-27-35(22-30(2)52-42)55-41-19-18-33(45(4,5)6)26-39(41)48(13,14)37-17-16-20-51-43(37)55/h16-27H,28H2,1-15H3/t49-,50-/m1/s1. The highest BCUT2D eigenvalue weighted by molar-refractivity contribution is 5.97. The molecule has 0 amide bonds. The van der Waals surface area contributed by atoms with E-state index in [1.54, 1.807) is 0 Å². The van der Waals surface area contributed by atoms with Gasteiger partial charge in [-0.25, -0.2) is 15.0 Å². The first-order chi connectivity index (χ1) is 26.4. The zero-order valence-corrected chi connectivity index (χ0v) is 36.7.